The summed E-state index contributed by atoms with van der Waals surface area (Å²) in [7, 11) is -1.21. The molecule has 1 saturated carbocycles. The molecule has 0 aromatic carbocycles. The molecule has 1 aliphatic heterocycles. The minimum Gasteiger partial charge on any atom is -0.379 e. The van der Waals surface area contributed by atoms with Gasteiger partial charge in [0.2, 0.25) is 0 Å². The molecule has 1 aliphatic carbocycles. The maximum absolute atomic E-state index is 11.0. The number of ether oxygens (including phenoxy) is 2. The fourth-order valence-electron chi connectivity index (χ4n) is 3.51. The van der Waals surface area contributed by atoms with Gasteiger partial charge in [0.25, 0.3) is 0 Å². The minimum atomic E-state index is -2.96. The number of fused-ring (bicyclic) bond motifs is 1. The van der Waals surface area contributed by atoms with Crippen molar-refractivity contribution in [2.75, 3.05) is 45.4 Å². The third-order valence-corrected chi connectivity index (χ3v) is 5.66. The molecule has 2 N–H and O–H groups in total. The lowest BCUT2D eigenvalue weighted by Gasteiger charge is -2.54. The molecule has 0 aromatic heterocycles. The van der Waals surface area contributed by atoms with Crippen LogP contribution in [0.25, 0.3) is 0 Å². The van der Waals surface area contributed by atoms with E-state index >= 15 is 0 Å². The van der Waals surface area contributed by atoms with Crippen molar-refractivity contribution >= 4 is 39.8 Å². The van der Waals surface area contributed by atoms with E-state index in [0.29, 0.717) is 31.2 Å². The van der Waals surface area contributed by atoms with Crippen LogP contribution in [0.4, 0.5) is 0 Å². The van der Waals surface area contributed by atoms with Gasteiger partial charge in [-0.1, -0.05) is 13.8 Å². The van der Waals surface area contributed by atoms with Gasteiger partial charge in [-0.2, -0.15) is 0 Å². The number of nitrogens with zero attached hydrogens (tertiary/aromatic N) is 1. The number of nitrogens with one attached hydrogen (secondary N) is 2. The zero-order chi connectivity index (χ0) is 17.1. The number of hydrogen-bond acceptors (Lipinski definition) is 5. The molecule has 0 spiro atoms. The summed E-state index contributed by atoms with van der Waals surface area (Å²) in [6.45, 7) is 6.54. The van der Waals surface area contributed by atoms with Crippen molar-refractivity contribution in [1.29, 1.82) is 0 Å². The number of sulfone groups is 1. The van der Waals surface area contributed by atoms with Crippen LogP contribution in [0.15, 0.2) is 4.99 Å². The second-order valence-corrected chi connectivity index (χ2v) is 9.19. The lowest BCUT2D eigenvalue weighted by molar-refractivity contribution is -0.106. The number of hydrogen-bond donors (Lipinski definition) is 2. The highest BCUT2D eigenvalue weighted by molar-refractivity contribution is 14.0. The summed E-state index contributed by atoms with van der Waals surface area (Å²) >= 11 is 0. The number of rotatable bonds is 7. The number of halogens is 1. The molecule has 0 radical (unpaired) electrons. The van der Waals surface area contributed by atoms with E-state index in [9.17, 15) is 8.42 Å². The Morgan fingerprint density at radius 3 is 2.71 bits per heavy atom. The van der Waals surface area contributed by atoms with Gasteiger partial charge >= 0.3 is 0 Å². The van der Waals surface area contributed by atoms with Gasteiger partial charge < -0.3 is 20.1 Å². The van der Waals surface area contributed by atoms with Gasteiger partial charge in [-0.3, -0.25) is 4.99 Å². The smallest absolute Gasteiger partial charge is 0.191 e. The van der Waals surface area contributed by atoms with Gasteiger partial charge in [-0.25, -0.2) is 8.42 Å². The predicted octanol–water partition coefficient (Wildman–Crippen LogP) is 0.644. The van der Waals surface area contributed by atoms with Crippen molar-refractivity contribution in [2.24, 2.45) is 16.3 Å². The summed E-state index contributed by atoms with van der Waals surface area (Å²) in [4.78, 5) is 4.25. The minimum absolute atomic E-state index is 0. The quantitative estimate of drug-likeness (QED) is 0.243. The largest absolute Gasteiger partial charge is 0.379 e. The monoisotopic (exact) mass is 475 g/mol. The maximum atomic E-state index is 11.0. The van der Waals surface area contributed by atoms with E-state index in [1.165, 1.54) is 6.26 Å². The van der Waals surface area contributed by atoms with Crippen molar-refractivity contribution in [3.63, 3.8) is 0 Å². The molecule has 0 bridgehead atoms. The molecule has 3 atom stereocenters. The zero-order valence-corrected chi connectivity index (χ0v) is 18.0. The normalized spacial score (nSPS) is 28.5. The van der Waals surface area contributed by atoms with Gasteiger partial charge in [0.05, 0.1) is 25.1 Å². The van der Waals surface area contributed by atoms with Crippen LogP contribution in [0.3, 0.4) is 0 Å². The molecular weight excluding hydrogens is 445 g/mol. The second-order valence-electron chi connectivity index (χ2n) is 6.93. The molecule has 0 amide bonds. The van der Waals surface area contributed by atoms with Crippen LogP contribution in [-0.2, 0) is 19.3 Å². The van der Waals surface area contributed by atoms with E-state index in [0.717, 1.165) is 19.0 Å². The molecule has 2 rings (SSSR count). The fraction of sp³-hybridized carbons (Fsp3) is 0.933. The van der Waals surface area contributed by atoms with E-state index in [2.05, 4.69) is 29.5 Å². The van der Waals surface area contributed by atoms with E-state index in [-0.39, 0.29) is 41.8 Å². The summed E-state index contributed by atoms with van der Waals surface area (Å²) in [5, 5.41) is 6.69. The molecular formula is C15H30IN3O4S. The van der Waals surface area contributed by atoms with Gasteiger partial charge in [-0.15, -0.1) is 24.0 Å². The van der Waals surface area contributed by atoms with E-state index in [1.54, 1.807) is 7.05 Å². The highest BCUT2D eigenvalue weighted by atomic mass is 127. The highest BCUT2D eigenvalue weighted by Gasteiger charge is 2.59. The number of guanidine groups is 1. The SMILES string of the molecule is CN=C(NCCOCCS(C)(=O)=O)NC1C2CCOC2C1(C)C.I. The standard InChI is InChI=1S/C15H29N3O4S.HI/c1-15(2)12(11-5-7-22-13(11)15)18-14(16-3)17-6-8-21-9-10-23(4,19)20;/h11-13H,5-10H2,1-4H3,(H2,16,17,18);1H. The van der Waals surface area contributed by atoms with Crippen molar-refractivity contribution < 1.29 is 17.9 Å². The summed E-state index contributed by atoms with van der Waals surface area (Å²) in [5.74, 6) is 1.36. The molecule has 9 heteroatoms. The van der Waals surface area contributed by atoms with Crippen molar-refractivity contribution in [1.82, 2.24) is 10.6 Å². The summed E-state index contributed by atoms with van der Waals surface area (Å²) in [5.41, 5.74) is 0.102. The Labute approximate surface area is 162 Å². The van der Waals surface area contributed by atoms with Gasteiger partial charge in [-0.05, 0) is 6.42 Å². The molecule has 1 saturated heterocycles. The van der Waals surface area contributed by atoms with Gasteiger partial charge in [0.1, 0.15) is 9.84 Å². The Morgan fingerprint density at radius 1 is 1.38 bits per heavy atom. The third kappa shape index (κ3) is 5.43. The van der Waals surface area contributed by atoms with Gasteiger partial charge in [0, 0.05) is 43.8 Å². The molecule has 1 heterocycles. The van der Waals surface area contributed by atoms with Crippen molar-refractivity contribution in [3.05, 3.63) is 0 Å². The zero-order valence-electron chi connectivity index (χ0n) is 14.9. The van der Waals surface area contributed by atoms with Crippen LogP contribution in [0, 0.1) is 11.3 Å². The van der Waals surface area contributed by atoms with Crippen molar-refractivity contribution in [2.45, 2.75) is 32.4 Å². The Hall–Kier alpha value is -0.130. The maximum Gasteiger partial charge on any atom is 0.191 e. The molecule has 2 aliphatic rings. The Bertz CT molecular complexity index is 539. The lowest BCUT2D eigenvalue weighted by Crippen LogP contribution is -2.68. The fourth-order valence-corrected chi connectivity index (χ4v) is 3.93. The second kappa shape index (κ2) is 9.00. The molecule has 2 fully saturated rings. The average molecular weight is 475 g/mol. The average Bonchev–Trinajstić information content (AvgIpc) is 2.91. The summed E-state index contributed by atoms with van der Waals surface area (Å²) in [6, 6.07) is 0.354. The Kier molecular flexibility index (Phi) is 8.21. The van der Waals surface area contributed by atoms with E-state index < -0.39 is 9.84 Å². The first-order valence-corrected chi connectivity index (χ1v) is 10.2. The van der Waals surface area contributed by atoms with Crippen LogP contribution in [0.2, 0.25) is 0 Å². The van der Waals surface area contributed by atoms with E-state index in [1.807, 2.05) is 0 Å². The van der Waals surface area contributed by atoms with Crippen LogP contribution < -0.4 is 10.6 Å². The molecule has 24 heavy (non-hydrogen) atoms. The van der Waals surface area contributed by atoms with Crippen LogP contribution in [0.5, 0.6) is 0 Å². The van der Waals surface area contributed by atoms with Crippen LogP contribution in [0.1, 0.15) is 20.3 Å². The van der Waals surface area contributed by atoms with Crippen LogP contribution >= 0.6 is 24.0 Å². The first-order valence-electron chi connectivity index (χ1n) is 8.10. The summed E-state index contributed by atoms with van der Waals surface area (Å²) < 4.78 is 33.1. The molecule has 3 unspecified atom stereocenters. The van der Waals surface area contributed by atoms with Gasteiger partial charge in [0.15, 0.2) is 5.96 Å². The summed E-state index contributed by atoms with van der Waals surface area (Å²) in [6.07, 6.45) is 2.65. The third-order valence-electron chi connectivity index (χ3n) is 4.75. The lowest BCUT2D eigenvalue weighted by atomic mass is 9.57. The van der Waals surface area contributed by atoms with E-state index in [4.69, 9.17) is 9.47 Å². The Balaban J connectivity index is 0.00000288. The molecule has 0 aromatic rings. The highest BCUT2D eigenvalue weighted by Crippen LogP contribution is 2.51. The molecule has 142 valence electrons. The van der Waals surface area contributed by atoms with Crippen molar-refractivity contribution in [3.8, 4) is 0 Å². The van der Waals surface area contributed by atoms with Crippen LogP contribution in [-0.4, -0.2) is 71.9 Å². The predicted molar refractivity (Wildman–Crippen MR) is 106 cm³/mol. The topological polar surface area (TPSA) is 89.0 Å². The number of aliphatic imine (C=N–C) groups is 1. The first-order chi connectivity index (χ1) is 10.8. The molecule has 7 nitrogen and oxygen atoms in total. The first kappa shape index (κ1) is 21.9. The Morgan fingerprint density at radius 2 is 2.08 bits per heavy atom.